The largest absolute Gasteiger partial charge is 0.493 e. The van der Waals surface area contributed by atoms with Crippen molar-refractivity contribution < 1.29 is 18.7 Å². The van der Waals surface area contributed by atoms with E-state index in [9.17, 15) is 4.79 Å². The van der Waals surface area contributed by atoms with Gasteiger partial charge in [0.25, 0.3) is 0 Å². The number of rotatable bonds is 5. The Morgan fingerprint density at radius 1 is 1.08 bits per heavy atom. The van der Waals surface area contributed by atoms with Crippen LogP contribution in [0.1, 0.15) is 16.1 Å². The number of nitrogens with one attached hydrogen (secondary N) is 1. The summed E-state index contributed by atoms with van der Waals surface area (Å²) in [7, 11) is 3.13. The van der Waals surface area contributed by atoms with E-state index in [-0.39, 0.29) is 5.76 Å². The lowest BCUT2D eigenvalue weighted by atomic mass is 10.2. The molecule has 1 aromatic heterocycles. The molecule has 1 N–H and O–H groups in total. The Morgan fingerprint density at radius 3 is 2.62 bits per heavy atom. The summed E-state index contributed by atoms with van der Waals surface area (Å²) in [6.45, 7) is 0. The fourth-order valence-corrected chi connectivity index (χ4v) is 2.25. The molecule has 0 spiro atoms. The molecule has 0 fully saturated rings. The predicted molar refractivity (Wildman–Crippen MR) is 90.8 cm³/mol. The molecule has 0 saturated heterocycles. The van der Waals surface area contributed by atoms with Gasteiger partial charge in [-0.05, 0) is 35.9 Å². The average molecular weight is 324 g/mol. The number of para-hydroxylation sites is 1. The summed E-state index contributed by atoms with van der Waals surface area (Å²) >= 11 is 0. The van der Waals surface area contributed by atoms with E-state index < -0.39 is 5.91 Å². The number of hydrogen-bond donors (Lipinski definition) is 1. The van der Waals surface area contributed by atoms with Gasteiger partial charge in [-0.25, -0.2) is 5.43 Å². The summed E-state index contributed by atoms with van der Waals surface area (Å²) in [5, 5.41) is 4.81. The van der Waals surface area contributed by atoms with E-state index in [4.69, 9.17) is 13.9 Å². The molecule has 2 aromatic carbocycles. The summed E-state index contributed by atoms with van der Waals surface area (Å²) in [6, 6.07) is 14.4. The van der Waals surface area contributed by atoms with Gasteiger partial charge < -0.3 is 13.9 Å². The van der Waals surface area contributed by atoms with Crippen molar-refractivity contribution in [3.8, 4) is 11.5 Å². The molecule has 1 amide bonds. The lowest BCUT2D eigenvalue weighted by molar-refractivity contribution is 0.0929. The van der Waals surface area contributed by atoms with Gasteiger partial charge in [0, 0.05) is 5.39 Å². The van der Waals surface area contributed by atoms with Crippen LogP contribution in [0.25, 0.3) is 11.0 Å². The van der Waals surface area contributed by atoms with Gasteiger partial charge in [0.15, 0.2) is 17.3 Å². The minimum atomic E-state index is -0.414. The van der Waals surface area contributed by atoms with E-state index in [0.29, 0.717) is 17.1 Å². The van der Waals surface area contributed by atoms with Crippen LogP contribution in [0.2, 0.25) is 0 Å². The molecule has 24 heavy (non-hydrogen) atoms. The average Bonchev–Trinajstić information content (AvgIpc) is 3.05. The van der Waals surface area contributed by atoms with Gasteiger partial charge in [0.2, 0.25) is 0 Å². The second-order valence-electron chi connectivity index (χ2n) is 4.96. The van der Waals surface area contributed by atoms with Crippen LogP contribution in [0, 0.1) is 0 Å². The summed E-state index contributed by atoms with van der Waals surface area (Å²) in [6.07, 6.45) is 1.52. The van der Waals surface area contributed by atoms with Gasteiger partial charge in [0.1, 0.15) is 5.58 Å². The van der Waals surface area contributed by atoms with Crippen molar-refractivity contribution in [2.45, 2.75) is 0 Å². The van der Waals surface area contributed by atoms with E-state index in [2.05, 4.69) is 10.5 Å². The number of fused-ring (bicyclic) bond motifs is 1. The van der Waals surface area contributed by atoms with E-state index >= 15 is 0 Å². The number of hydrogen-bond acceptors (Lipinski definition) is 5. The third-order valence-corrected chi connectivity index (χ3v) is 3.44. The van der Waals surface area contributed by atoms with Crippen LogP contribution in [0.4, 0.5) is 0 Å². The van der Waals surface area contributed by atoms with Gasteiger partial charge in [-0.2, -0.15) is 5.10 Å². The van der Waals surface area contributed by atoms with Crippen molar-refractivity contribution >= 4 is 23.1 Å². The number of benzene rings is 2. The first kappa shape index (κ1) is 15.6. The summed E-state index contributed by atoms with van der Waals surface area (Å²) in [5.41, 5.74) is 3.86. The second kappa shape index (κ2) is 6.87. The zero-order chi connectivity index (χ0) is 16.9. The molecular weight excluding hydrogens is 308 g/mol. The second-order valence-corrected chi connectivity index (χ2v) is 4.96. The van der Waals surface area contributed by atoms with Crippen LogP contribution in [0.15, 0.2) is 58.0 Å². The van der Waals surface area contributed by atoms with E-state index in [1.807, 2.05) is 18.2 Å². The van der Waals surface area contributed by atoms with Crippen molar-refractivity contribution in [2.24, 2.45) is 5.10 Å². The number of hydrazone groups is 1. The molecule has 6 heteroatoms. The predicted octanol–water partition coefficient (Wildman–Crippen LogP) is 3.21. The number of furan rings is 1. The zero-order valence-electron chi connectivity index (χ0n) is 13.3. The third kappa shape index (κ3) is 3.22. The molecular formula is C18H16N2O4. The first-order chi connectivity index (χ1) is 11.7. The summed E-state index contributed by atoms with van der Waals surface area (Å²) < 4.78 is 15.9. The topological polar surface area (TPSA) is 73.1 Å². The minimum absolute atomic E-state index is 0.209. The molecule has 0 saturated carbocycles. The molecule has 0 unspecified atom stereocenters. The Kier molecular flexibility index (Phi) is 4.47. The molecule has 0 radical (unpaired) electrons. The monoisotopic (exact) mass is 324 g/mol. The maximum Gasteiger partial charge on any atom is 0.307 e. The SMILES string of the molecule is COc1ccc(/C=N\NC(=O)c2cc3ccccc3o2)cc1OC. The highest BCUT2D eigenvalue weighted by Gasteiger charge is 2.11. The van der Waals surface area contributed by atoms with Crippen molar-refractivity contribution in [2.75, 3.05) is 14.2 Å². The molecule has 0 bridgehead atoms. The van der Waals surface area contributed by atoms with Crippen molar-refractivity contribution in [3.63, 3.8) is 0 Å². The standard InChI is InChI=1S/C18H16N2O4/c1-22-15-8-7-12(9-16(15)23-2)11-19-20-18(21)17-10-13-5-3-4-6-14(13)24-17/h3-11H,1-2H3,(H,20,21)/b19-11-. The Bertz CT molecular complexity index is 866. The van der Waals surface area contributed by atoms with Gasteiger partial charge in [0.05, 0.1) is 20.4 Å². The Balaban J connectivity index is 1.70. The molecule has 122 valence electrons. The lowest BCUT2D eigenvalue weighted by Crippen LogP contribution is -2.16. The molecule has 0 aliphatic rings. The highest BCUT2D eigenvalue weighted by molar-refractivity contribution is 5.96. The van der Waals surface area contributed by atoms with Crippen molar-refractivity contribution in [3.05, 3.63) is 59.9 Å². The molecule has 3 rings (SSSR count). The summed E-state index contributed by atoms with van der Waals surface area (Å²) in [5.74, 6) is 1.01. The molecule has 0 atom stereocenters. The van der Waals surface area contributed by atoms with Crippen LogP contribution < -0.4 is 14.9 Å². The first-order valence-corrected chi connectivity index (χ1v) is 7.25. The van der Waals surface area contributed by atoms with Gasteiger partial charge in [-0.3, -0.25) is 4.79 Å². The minimum Gasteiger partial charge on any atom is -0.493 e. The van der Waals surface area contributed by atoms with Crippen LogP contribution in [-0.4, -0.2) is 26.3 Å². The molecule has 1 heterocycles. The number of ether oxygens (including phenoxy) is 2. The van der Waals surface area contributed by atoms with Crippen LogP contribution in [0.3, 0.4) is 0 Å². The Morgan fingerprint density at radius 2 is 1.88 bits per heavy atom. The fourth-order valence-electron chi connectivity index (χ4n) is 2.25. The van der Waals surface area contributed by atoms with Gasteiger partial charge in [-0.1, -0.05) is 18.2 Å². The smallest absolute Gasteiger partial charge is 0.307 e. The maximum atomic E-state index is 12.1. The van der Waals surface area contributed by atoms with Crippen LogP contribution >= 0.6 is 0 Å². The fraction of sp³-hybridized carbons (Fsp3) is 0.111. The van der Waals surface area contributed by atoms with E-state index in [1.165, 1.54) is 6.21 Å². The molecule has 3 aromatic rings. The quantitative estimate of drug-likeness (QED) is 0.578. The molecule has 0 aliphatic carbocycles. The maximum absolute atomic E-state index is 12.1. The number of carbonyl (C=O) groups is 1. The summed E-state index contributed by atoms with van der Waals surface area (Å²) in [4.78, 5) is 12.1. The lowest BCUT2D eigenvalue weighted by Gasteiger charge is -2.07. The number of carbonyl (C=O) groups excluding carboxylic acids is 1. The highest BCUT2D eigenvalue weighted by Crippen LogP contribution is 2.26. The number of methoxy groups -OCH3 is 2. The number of amides is 1. The molecule has 0 aliphatic heterocycles. The number of nitrogens with zero attached hydrogens (tertiary/aromatic N) is 1. The Labute approximate surface area is 138 Å². The van der Waals surface area contributed by atoms with E-state index in [1.54, 1.807) is 44.6 Å². The van der Waals surface area contributed by atoms with Gasteiger partial charge >= 0.3 is 5.91 Å². The van der Waals surface area contributed by atoms with Gasteiger partial charge in [-0.15, -0.1) is 0 Å². The van der Waals surface area contributed by atoms with Crippen molar-refractivity contribution in [1.82, 2.24) is 5.43 Å². The Hall–Kier alpha value is -3.28. The normalized spacial score (nSPS) is 10.9. The zero-order valence-corrected chi connectivity index (χ0v) is 13.3. The van der Waals surface area contributed by atoms with E-state index in [0.717, 1.165) is 10.9 Å². The highest BCUT2D eigenvalue weighted by atomic mass is 16.5. The van der Waals surface area contributed by atoms with Crippen LogP contribution in [-0.2, 0) is 0 Å². The third-order valence-electron chi connectivity index (χ3n) is 3.44. The first-order valence-electron chi connectivity index (χ1n) is 7.25. The van der Waals surface area contributed by atoms with Crippen molar-refractivity contribution in [1.29, 1.82) is 0 Å². The molecule has 6 nitrogen and oxygen atoms in total. The van der Waals surface area contributed by atoms with Crippen LogP contribution in [0.5, 0.6) is 11.5 Å².